The lowest BCUT2D eigenvalue weighted by molar-refractivity contribution is -0.0497. The number of benzene rings is 10. The van der Waals surface area contributed by atoms with Crippen LogP contribution in [0.1, 0.15) is 94.0 Å². The molecular weight excluding hydrogens is 1990 g/mol. The normalized spacial score (nSPS) is 14.3. The van der Waals surface area contributed by atoms with Gasteiger partial charge in [0.1, 0.15) is 47.6 Å². The van der Waals surface area contributed by atoms with Crippen molar-refractivity contribution in [1.82, 2.24) is 22.8 Å². The predicted octanol–water partition coefficient (Wildman–Crippen LogP) is 20.1. The summed E-state index contributed by atoms with van der Waals surface area (Å²) >= 11 is 0. The summed E-state index contributed by atoms with van der Waals surface area (Å²) in [6, 6.07) is 75.9. The summed E-state index contributed by atoms with van der Waals surface area (Å²) in [5.41, 5.74) is 20.6. The smallest absolute Gasteiger partial charge is 0.387 e. The molecule has 39 heteroatoms. The van der Waals surface area contributed by atoms with Crippen molar-refractivity contribution in [3.05, 3.63) is 240 Å². The van der Waals surface area contributed by atoms with Gasteiger partial charge in [-0.3, -0.25) is 23.6 Å². The van der Waals surface area contributed by atoms with E-state index in [0.717, 1.165) is 188 Å². The maximum absolute atomic E-state index is 12.7. The van der Waals surface area contributed by atoms with Crippen molar-refractivity contribution in [3.8, 4) is 104 Å². The van der Waals surface area contributed by atoms with Crippen molar-refractivity contribution in [2.24, 2.45) is 17.8 Å². The molecule has 768 valence electrons. The van der Waals surface area contributed by atoms with Gasteiger partial charge in [-0.15, -0.1) is 0 Å². The predicted molar refractivity (Wildman–Crippen MR) is 577 cm³/mol. The number of anilines is 7. The van der Waals surface area contributed by atoms with Crippen molar-refractivity contribution in [1.29, 1.82) is 26.3 Å². The minimum Gasteiger partial charge on any atom is -0.497 e. The second kappa shape index (κ2) is 45.1. The van der Waals surface area contributed by atoms with Gasteiger partial charge >= 0.3 is 6.61 Å². The molecule has 15 aromatic rings. The number of rotatable bonds is 31. The van der Waals surface area contributed by atoms with E-state index in [1.54, 1.807) is 107 Å². The second-order valence-corrected chi connectivity index (χ2v) is 46.0. The van der Waals surface area contributed by atoms with Gasteiger partial charge < -0.3 is 56.3 Å². The van der Waals surface area contributed by atoms with Crippen molar-refractivity contribution < 1.29 is 74.6 Å². The number of nitrogens with one attached hydrogen (secondary N) is 5. The number of hydrogen-bond donors (Lipinski definition) is 5. The number of morpholine rings is 2. The fourth-order valence-corrected chi connectivity index (χ4v) is 21.7. The lowest BCUT2D eigenvalue weighted by Crippen LogP contribution is -2.36. The highest BCUT2D eigenvalue weighted by Gasteiger charge is 2.33. The molecule has 3 aliphatic carbocycles. The standard InChI is InChI=1S/C23H26N4O3S.C22H24N4O3S.C22H23N3O3S.C21H19F2N3O3S.C21H21N3O3S/c1-3-27-22-10-9-19(26-11-13-30-14-12-26)15-20(22)21(16-24)23(27)17-5-7-18(8-6-17)25-31(28,29)4-2;1-3-26-21-9-8-18(25-10-12-29-13-11-25)14-19(21)20(15-23)22(26)16-4-6-17(7-5-16)24-30(2,27)28;1-3-29(26,27)24-17-8-6-16(7-9-17)22-20(13-23)19-11-10-18(28-2)12-21(19)25(22)14-15-4-5-15;1-30(27,28)25-15-6-4-14(5-7-15)20-18(11-24)17-9-8-16(29-21(22)23)10-19(17)26(20)12-13-2-3-13;1-27-17-9-10-18-19(12-22)21(24(20(18)11-17)13-14-3-4-14)15-5-7-16(8-6-15)23-28(2,25)26/h5-10,15,25H,3-4,11-14H2,1-2H3;4-9,14,24H,3,10-13H2,1-2H3;6-12,15,24H,3-5,14H2,1-2H3;4-10,13,21,25H,2-3,12H2,1H3;5-11,14,23H,3-4,13H2,1-2H3. The molecule has 0 unspecified atom stereocenters. The lowest BCUT2D eigenvalue weighted by atomic mass is 10.1. The Morgan fingerprint density at radius 3 is 0.831 bits per heavy atom. The number of halogens is 2. The van der Waals surface area contributed by atoms with E-state index in [1.165, 1.54) is 37.8 Å². The molecule has 0 radical (unpaired) electrons. The molecule has 5 fully saturated rings. The van der Waals surface area contributed by atoms with Crippen LogP contribution in [-0.2, 0) is 92.3 Å². The first-order valence-corrected chi connectivity index (χ1v) is 57.4. The van der Waals surface area contributed by atoms with E-state index >= 15 is 0 Å². The van der Waals surface area contributed by atoms with Crippen LogP contribution in [0.5, 0.6) is 17.2 Å². The Morgan fingerprint density at radius 2 is 0.588 bits per heavy atom. The first kappa shape index (κ1) is 106. The summed E-state index contributed by atoms with van der Waals surface area (Å²) in [5, 5.41) is 54.0. The van der Waals surface area contributed by atoms with Crippen molar-refractivity contribution in [2.75, 3.05) is 131 Å². The molecule has 0 amide bonds. The summed E-state index contributed by atoms with van der Waals surface area (Å²) in [7, 11) is -13.5. The molecule has 148 heavy (non-hydrogen) atoms. The van der Waals surface area contributed by atoms with E-state index in [-0.39, 0.29) is 17.3 Å². The molecule has 10 aromatic carbocycles. The summed E-state index contributed by atoms with van der Waals surface area (Å²) in [4.78, 5) is 4.56. The molecule has 5 aliphatic rings. The third-order valence-corrected chi connectivity index (χ3v) is 30.7. The van der Waals surface area contributed by atoms with Crippen molar-refractivity contribution in [3.63, 3.8) is 0 Å². The van der Waals surface area contributed by atoms with E-state index in [2.05, 4.69) is 137 Å². The molecular formula is C109H113F2N17O15S5. The van der Waals surface area contributed by atoms with Crippen LogP contribution >= 0.6 is 0 Å². The molecule has 0 spiro atoms. The van der Waals surface area contributed by atoms with Gasteiger partial charge in [0.25, 0.3) is 0 Å². The summed E-state index contributed by atoms with van der Waals surface area (Å²) in [6.45, 7) is 14.4. The molecule has 5 aromatic heterocycles. The van der Waals surface area contributed by atoms with Gasteiger partial charge in [-0.1, -0.05) is 60.7 Å². The number of nitrogens with zero attached hydrogens (tertiary/aromatic N) is 12. The number of fused-ring (bicyclic) bond motifs is 5. The largest absolute Gasteiger partial charge is 0.497 e. The van der Waals surface area contributed by atoms with Crippen LogP contribution in [0.2, 0.25) is 0 Å². The Labute approximate surface area is 860 Å². The van der Waals surface area contributed by atoms with Crippen molar-refractivity contribution >= 4 is 144 Å². The van der Waals surface area contributed by atoms with E-state index in [9.17, 15) is 77.2 Å². The number of sulfonamides is 5. The van der Waals surface area contributed by atoms with Gasteiger partial charge in [0.15, 0.2) is 0 Å². The molecule has 5 N–H and O–H groups in total. The topological polar surface area (TPSA) is 427 Å². The molecule has 7 heterocycles. The number of alkyl halides is 2. The average Bonchev–Trinajstić information content (AvgIpc) is 1.61. The van der Waals surface area contributed by atoms with Crippen LogP contribution in [0.25, 0.3) is 111 Å². The maximum atomic E-state index is 12.7. The van der Waals surface area contributed by atoms with Gasteiger partial charge in [0.2, 0.25) is 50.1 Å². The van der Waals surface area contributed by atoms with E-state index in [4.69, 9.17) is 18.9 Å². The first-order chi connectivity index (χ1) is 71.0. The Morgan fingerprint density at radius 1 is 0.331 bits per heavy atom. The van der Waals surface area contributed by atoms with E-state index in [0.29, 0.717) is 137 Å². The zero-order valence-corrected chi connectivity index (χ0v) is 87.2. The van der Waals surface area contributed by atoms with Gasteiger partial charge in [0.05, 0.1) is 144 Å². The number of ether oxygens (including phenoxy) is 5. The summed E-state index contributed by atoms with van der Waals surface area (Å²) in [5.74, 6) is 3.30. The highest BCUT2D eigenvalue weighted by Crippen LogP contribution is 2.46. The Hall–Kier alpha value is -15.1. The van der Waals surface area contributed by atoms with Gasteiger partial charge in [-0.05, 0) is 245 Å². The first-order valence-electron chi connectivity index (χ1n) is 48.4. The number of hydrogen-bond acceptors (Lipinski definition) is 22. The highest BCUT2D eigenvalue weighted by atomic mass is 32.2. The molecule has 20 rings (SSSR count). The van der Waals surface area contributed by atoms with Gasteiger partial charge in [-0.2, -0.15) is 35.1 Å². The van der Waals surface area contributed by atoms with Crippen LogP contribution in [0, 0.1) is 74.4 Å². The molecule has 0 bridgehead atoms. The SMILES string of the molecule is CCS(=O)(=O)Nc1ccc(-c2c(C#N)c3ccc(OC)cc3n2CC2CC2)cc1.CCn1c(-c2ccc(NS(=O)(=O)CC)cc2)c(C#N)c2cc(N3CCOCC3)ccc21.CCn1c(-c2ccc(NS(C)(=O)=O)cc2)c(C#N)c2cc(N3CCOCC3)ccc21.COc1ccc2c(C#N)c(-c3ccc(NS(C)(=O)=O)cc3)n(CC3CC3)c2c1.CS(=O)(=O)Nc1ccc(-c2c(C#N)c3ccc(OC(F)F)cc3n2CC2CC2)cc1. The quantitative estimate of drug-likeness (QED) is 0.0269. The number of methoxy groups -OCH3 is 2. The number of aryl methyl sites for hydroxylation is 2. The highest BCUT2D eigenvalue weighted by molar-refractivity contribution is 7.93. The fraction of sp³-hybridized carbons (Fsp3) is 0.312. The van der Waals surface area contributed by atoms with Crippen molar-refractivity contribution in [2.45, 2.75) is 106 Å². The fourth-order valence-electron chi connectivity index (χ4n) is 18.7. The zero-order valence-electron chi connectivity index (χ0n) is 83.2. The zero-order chi connectivity index (χ0) is 105. The number of aromatic nitrogens is 5. The van der Waals surface area contributed by atoms with Crippen LogP contribution < -0.4 is 47.6 Å². The van der Waals surface area contributed by atoms with Gasteiger partial charge in [0, 0.05) is 155 Å². The van der Waals surface area contributed by atoms with Crippen LogP contribution in [-0.4, -0.2) is 169 Å². The van der Waals surface area contributed by atoms with Crippen LogP contribution in [0.3, 0.4) is 0 Å². The third-order valence-electron chi connectivity index (χ3n) is 26.3. The minimum absolute atomic E-state index is 0.0167. The average molecular weight is 2100 g/mol. The van der Waals surface area contributed by atoms with Crippen LogP contribution in [0.4, 0.5) is 48.6 Å². The summed E-state index contributed by atoms with van der Waals surface area (Å²) in [6.07, 6.45) is 10.2. The molecule has 32 nitrogen and oxygen atoms in total. The Balaban J connectivity index is 0.000000132. The second-order valence-electron chi connectivity index (χ2n) is 36.8. The van der Waals surface area contributed by atoms with Gasteiger partial charge in [-0.25, -0.2) is 42.1 Å². The minimum atomic E-state index is -3.40. The molecule has 3 saturated carbocycles. The molecule has 2 aliphatic heterocycles. The Bertz CT molecular complexity index is 8350. The van der Waals surface area contributed by atoms with Crippen LogP contribution in [0.15, 0.2) is 212 Å². The Kier molecular flexibility index (Phi) is 32.2. The maximum Gasteiger partial charge on any atom is 0.387 e. The number of nitriles is 5. The van der Waals surface area contributed by atoms with E-state index in [1.807, 2.05) is 89.5 Å². The monoisotopic (exact) mass is 2100 g/mol. The molecule has 0 atom stereocenters. The summed E-state index contributed by atoms with van der Waals surface area (Å²) < 4.78 is 191. The molecule has 2 saturated heterocycles. The third kappa shape index (κ3) is 24.9. The lowest BCUT2D eigenvalue weighted by Gasteiger charge is -2.28. The van der Waals surface area contributed by atoms with E-state index < -0.39 is 56.7 Å².